The second-order valence-electron chi connectivity index (χ2n) is 5.28. The van der Waals surface area contributed by atoms with E-state index in [9.17, 15) is 0 Å². The third-order valence-electron chi connectivity index (χ3n) is 3.96. The Hall–Kier alpha value is -1.43. The van der Waals surface area contributed by atoms with Crippen LogP contribution < -0.4 is 10.6 Å². The van der Waals surface area contributed by atoms with E-state index in [0.717, 1.165) is 17.9 Å². The van der Waals surface area contributed by atoms with E-state index in [2.05, 4.69) is 95.8 Å². The van der Waals surface area contributed by atoms with Crippen LogP contribution in [0.25, 0.3) is 0 Å². The highest BCUT2D eigenvalue weighted by Gasteiger charge is 2.44. The molecule has 118 valence electrons. The lowest BCUT2D eigenvalue weighted by Gasteiger charge is -2.28. The molecule has 0 heterocycles. The highest BCUT2D eigenvalue weighted by Crippen LogP contribution is 2.64. The molecular formula is C21H23BrP+. The van der Waals surface area contributed by atoms with Crippen molar-refractivity contribution in [3.8, 4) is 0 Å². The average molecular weight is 386 g/mol. The number of hydrogen-bond donors (Lipinski definition) is 0. The third kappa shape index (κ3) is 3.91. The van der Waals surface area contributed by atoms with Gasteiger partial charge < -0.3 is 0 Å². The van der Waals surface area contributed by atoms with Crippen LogP contribution in [0.3, 0.4) is 0 Å². The average Bonchev–Trinajstić information content (AvgIpc) is 2.63. The van der Waals surface area contributed by atoms with Crippen LogP contribution in [0.5, 0.6) is 0 Å². The van der Waals surface area contributed by atoms with E-state index in [-0.39, 0.29) is 0 Å². The van der Waals surface area contributed by atoms with E-state index in [1.807, 2.05) is 12.2 Å². The van der Waals surface area contributed by atoms with Gasteiger partial charge in [0.2, 0.25) is 0 Å². The van der Waals surface area contributed by atoms with Gasteiger partial charge in [-0.3, -0.25) is 0 Å². The van der Waals surface area contributed by atoms with Gasteiger partial charge in [-0.25, -0.2) is 0 Å². The molecule has 2 aromatic carbocycles. The van der Waals surface area contributed by atoms with Gasteiger partial charge in [-0.1, -0.05) is 71.6 Å². The number of rotatable bonds is 8. The Morgan fingerprint density at radius 1 is 0.913 bits per heavy atom. The molecule has 0 nitrogen and oxygen atoms in total. The minimum absolute atomic E-state index is 1.01. The van der Waals surface area contributed by atoms with E-state index in [1.54, 1.807) is 0 Å². The zero-order chi connectivity index (χ0) is 16.5. The van der Waals surface area contributed by atoms with Crippen LogP contribution in [0, 0.1) is 0 Å². The molecule has 0 unspecified atom stereocenters. The zero-order valence-electron chi connectivity index (χ0n) is 13.4. The van der Waals surface area contributed by atoms with Crippen LogP contribution in [0.15, 0.2) is 97.4 Å². The normalized spacial score (nSPS) is 12.0. The summed E-state index contributed by atoms with van der Waals surface area (Å²) in [5.74, 6) is 0. The van der Waals surface area contributed by atoms with Gasteiger partial charge in [0.15, 0.2) is 0 Å². The van der Waals surface area contributed by atoms with Crippen molar-refractivity contribution in [3.63, 3.8) is 0 Å². The summed E-state index contributed by atoms with van der Waals surface area (Å²) in [4.78, 5) is 0. The summed E-state index contributed by atoms with van der Waals surface area (Å²) in [7, 11) is -1.70. The van der Waals surface area contributed by atoms with Gasteiger partial charge in [0.05, 0.1) is 6.16 Å². The van der Waals surface area contributed by atoms with E-state index < -0.39 is 7.26 Å². The predicted octanol–water partition coefficient (Wildman–Crippen LogP) is 5.70. The Morgan fingerprint density at radius 3 is 1.83 bits per heavy atom. The molecule has 0 atom stereocenters. The molecular weight excluding hydrogens is 363 g/mol. The van der Waals surface area contributed by atoms with Crippen molar-refractivity contribution >= 4 is 33.8 Å². The smallest absolute Gasteiger partial charge is 0.0989 e. The van der Waals surface area contributed by atoms with Gasteiger partial charge in [0, 0.05) is 5.33 Å². The summed E-state index contributed by atoms with van der Waals surface area (Å²) in [6, 6.07) is 21.7. The molecule has 0 saturated heterocycles. The molecule has 0 aromatic heterocycles. The molecule has 0 aliphatic heterocycles. The molecule has 2 aromatic rings. The van der Waals surface area contributed by atoms with Crippen molar-refractivity contribution in [3.05, 3.63) is 97.4 Å². The van der Waals surface area contributed by atoms with Crippen molar-refractivity contribution < 1.29 is 0 Å². The van der Waals surface area contributed by atoms with Crippen LogP contribution in [-0.4, -0.2) is 11.5 Å². The standard InChI is InChI=1S/C21H23BrP/c1-3-12-19(4-2)23(18-11-17-22,20-13-7-5-8-14-20)21-15-9-6-10-16-21/h3-10,12-16H,1-2,11,17-18H2/q+1/b19-12+. The molecule has 0 saturated carbocycles. The summed E-state index contributed by atoms with van der Waals surface area (Å²) < 4.78 is 0. The Balaban J connectivity index is 2.75. The molecule has 0 N–H and O–H groups in total. The summed E-state index contributed by atoms with van der Waals surface area (Å²) in [5, 5.41) is 5.11. The lowest BCUT2D eigenvalue weighted by molar-refractivity contribution is 1.12. The number of halogens is 1. The van der Waals surface area contributed by atoms with Gasteiger partial charge in [0.25, 0.3) is 0 Å². The fourth-order valence-corrected chi connectivity index (χ4v) is 8.02. The van der Waals surface area contributed by atoms with Crippen LogP contribution in [0.1, 0.15) is 6.42 Å². The fraction of sp³-hybridized carbons (Fsp3) is 0.143. The molecule has 0 radical (unpaired) electrons. The molecule has 0 bridgehead atoms. The monoisotopic (exact) mass is 385 g/mol. The minimum Gasteiger partial charge on any atom is -0.0989 e. The molecule has 2 rings (SSSR count). The zero-order valence-corrected chi connectivity index (χ0v) is 15.8. The molecule has 23 heavy (non-hydrogen) atoms. The number of benzene rings is 2. The van der Waals surface area contributed by atoms with Crippen molar-refractivity contribution in [1.82, 2.24) is 0 Å². The first kappa shape index (κ1) is 17.9. The maximum Gasteiger partial charge on any atom is 0.112 e. The molecule has 0 spiro atoms. The van der Waals surface area contributed by atoms with E-state index in [4.69, 9.17) is 0 Å². The number of hydrogen-bond acceptors (Lipinski definition) is 0. The van der Waals surface area contributed by atoms with E-state index in [1.165, 1.54) is 15.9 Å². The largest absolute Gasteiger partial charge is 0.112 e. The van der Waals surface area contributed by atoms with Gasteiger partial charge >= 0.3 is 0 Å². The van der Waals surface area contributed by atoms with E-state index >= 15 is 0 Å². The van der Waals surface area contributed by atoms with Crippen molar-refractivity contribution in [1.29, 1.82) is 0 Å². The third-order valence-corrected chi connectivity index (χ3v) is 9.08. The fourth-order valence-electron chi connectivity index (χ4n) is 2.97. The van der Waals surface area contributed by atoms with Crippen molar-refractivity contribution in [2.24, 2.45) is 0 Å². The second-order valence-corrected chi connectivity index (χ2v) is 9.69. The van der Waals surface area contributed by atoms with Crippen molar-refractivity contribution in [2.45, 2.75) is 6.42 Å². The van der Waals surface area contributed by atoms with Crippen LogP contribution >= 0.6 is 23.2 Å². The lowest BCUT2D eigenvalue weighted by atomic mass is 10.4. The first-order chi connectivity index (χ1) is 11.3. The Labute approximate surface area is 149 Å². The Kier molecular flexibility index (Phi) is 7.02. The summed E-state index contributed by atoms with van der Waals surface area (Å²) in [6.07, 6.45) is 8.28. The summed E-state index contributed by atoms with van der Waals surface area (Å²) >= 11 is 3.61. The summed E-state index contributed by atoms with van der Waals surface area (Å²) in [5.41, 5.74) is 0. The van der Waals surface area contributed by atoms with Crippen LogP contribution in [0.4, 0.5) is 0 Å². The quantitative estimate of drug-likeness (QED) is 0.310. The van der Waals surface area contributed by atoms with Gasteiger partial charge in [-0.05, 0) is 42.8 Å². The second kappa shape index (κ2) is 9.01. The summed E-state index contributed by atoms with van der Waals surface area (Å²) in [6.45, 7) is 8.02. The topological polar surface area (TPSA) is 0 Å². The minimum atomic E-state index is -1.70. The van der Waals surface area contributed by atoms with Crippen LogP contribution in [0.2, 0.25) is 0 Å². The number of allylic oxidation sites excluding steroid dienone is 4. The molecule has 2 heteroatoms. The first-order valence-electron chi connectivity index (χ1n) is 7.80. The van der Waals surface area contributed by atoms with Gasteiger partial charge in [-0.2, -0.15) is 0 Å². The first-order valence-corrected chi connectivity index (χ1v) is 10.9. The lowest BCUT2D eigenvalue weighted by Crippen LogP contribution is -2.26. The molecule has 0 fully saturated rings. The Bertz CT molecular complexity index is 619. The SMILES string of the molecule is C=C/C=C(\C=C)[P+](CCCBr)(c1ccccc1)c1ccccc1. The highest BCUT2D eigenvalue weighted by atomic mass is 79.9. The number of alkyl halides is 1. The molecule has 0 aliphatic rings. The predicted molar refractivity (Wildman–Crippen MR) is 111 cm³/mol. The van der Waals surface area contributed by atoms with Crippen LogP contribution in [-0.2, 0) is 0 Å². The Morgan fingerprint density at radius 2 is 1.43 bits per heavy atom. The van der Waals surface area contributed by atoms with E-state index in [0.29, 0.717) is 0 Å². The molecule has 0 aliphatic carbocycles. The highest BCUT2D eigenvalue weighted by molar-refractivity contribution is 9.09. The maximum absolute atomic E-state index is 4.10. The van der Waals surface area contributed by atoms with Crippen molar-refractivity contribution in [2.75, 3.05) is 11.5 Å². The van der Waals surface area contributed by atoms with Gasteiger partial charge in [0.1, 0.15) is 23.2 Å². The molecule has 0 amide bonds. The maximum atomic E-state index is 4.10. The van der Waals surface area contributed by atoms with Gasteiger partial charge in [-0.15, -0.1) is 0 Å².